The lowest BCUT2D eigenvalue weighted by Crippen LogP contribution is -2.32. The highest BCUT2D eigenvalue weighted by molar-refractivity contribution is 7.14. The molecule has 0 saturated carbocycles. The van der Waals surface area contributed by atoms with E-state index in [0.717, 1.165) is 31.5 Å². The SMILES string of the molecule is O=C(Nc1nc(-c2cccc(O)c2)cs1)c1ccn(C2CCCNC2)n1. The van der Waals surface area contributed by atoms with Gasteiger partial charge in [-0.25, -0.2) is 4.98 Å². The Morgan fingerprint density at radius 2 is 2.31 bits per heavy atom. The summed E-state index contributed by atoms with van der Waals surface area (Å²) in [5.74, 6) is -0.0897. The Morgan fingerprint density at radius 3 is 3.12 bits per heavy atom. The van der Waals surface area contributed by atoms with Crippen molar-refractivity contribution in [2.45, 2.75) is 18.9 Å². The van der Waals surface area contributed by atoms with Crippen LogP contribution in [0.3, 0.4) is 0 Å². The quantitative estimate of drug-likeness (QED) is 0.658. The third kappa shape index (κ3) is 3.61. The summed E-state index contributed by atoms with van der Waals surface area (Å²) < 4.78 is 1.86. The van der Waals surface area contributed by atoms with Crippen LogP contribution in [0.25, 0.3) is 11.3 Å². The Hall–Kier alpha value is -2.71. The van der Waals surface area contributed by atoms with Crippen LogP contribution in [0.5, 0.6) is 5.75 Å². The van der Waals surface area contributed by atoms with E-state index in [2.05, 4.69) is 20.7 Å². The van der Waals surface area contributed by atoms with Gasteiger partial charge in [-0.1, -0.05) is 12.1 Å². The molecular weight excluding hydrogens is 350 g/mol. The minimum atomic E-state index is -0.274. The summed E-state index contributed by atoms with van der Waals surface area (Å²) in [4.78, 5) is 16.8. The molecule has 1 saturated heterocycles. The first-order chi connectivity index (χ1) is 12.7. The van der Waals surface area contributed by atoms with Gasteiger partial charge in [-0.05, 0) is 37.6 Å². The van der Waals surface area contributed by atoms with E-state index in [1.165, 1.54) is 11.3 Å². The van der Waals surface area contributed by atoms with Crippen LogP contribution in [0, 0.1) is 0 Å². The van der Waals surface area contributed by atoms with E-state index in [9.17, 15) is 9.90 Å². The molecule has 1 aromatic carbocycles. The van der Waals surface area contributed by atoms with E-state index in [-0.39, 0.29) is 11.7 Å². The van der Waals surface area contributed by atoms with Crippen LogP contribution in [0.1, 0.15) is 29.4 Å². The van der Waals surface area contributed by atoms with Gasteiger partial charge in [0.25, 0.3) is 5.91 Å². The zero-order valence-electron chi connectivity index (χ0n) is 14.1. The Kier molecular flexibility index (Phi) is 4.68. The second-order valence-electron chi connectivity index (χ2n) is 6.22. The lowest BCUT2D eigenvalue weighted by atomic mass is 10.1. The van der Waals surface area contributed by atoms with Gasteiger partial charge in [-0.15, -0.1) is 11.3 Å². The number of piperidine rings is 1. The number of anilines is 1. The van der Waals surface area contributed by atoms with Gasteiger partial charge in [0.1, 0.15) is 5.75 Å². The van der Waals surface area contributed by atoms with Crippen LogP contribution in [0.2, 0.25) is 0 Å². The maximum absolute atomic E-state index is 12.4. The Bertz CT molecular complexity index is 914. The van der Waals surface area contributed by atoms with Crippen LogP contribution in [-0.4, -0.2) is 38.9 Å². The molecule has 8 heteroatoms. The number of phenolic OH excluding ortho intramolecular Hbond substituents is 1. The number of nitrogens with one attached hydrogen (secondary N) is 2. The highest BCUT2D eigenvalue weighted by Gasteiger charge is 2.18. The predicted molar refractivity (Wildman–Crippen MR) is 101 cm³/mol. The summed E-state index contributed by atoms with van der Waals surface area (Å²) in [7, 11) is 0. The molecule has 1 aliphatic rings. The van der Waals surface area contributed by atoms with Crippen LogP contribution in [0.15, 0.2) is 41.9 Å². The van der Waals surface area contributed by atoms with Crippen molar-refractivity contribution in [3.63, 3.8) is 0 Å². The minimum absolute atomic E-state index is 0.184. The van der Waals surface area contributed by atoms with Crippen molar-refractivity contribution in [3.05, 3.63) is 47.6 Å². The first-order valence-electron chi connectivity index (χ1n) is 8.51. The predicted octanol–water partition coefficient (Wildman–Crippen LogP) is 2.89. The zero-order valence-corrected chi connectivity index (χ0v) is 14.9. The largest absolute Gasteiger partial charge is 0.508 e. The van der Waals surface area contributed by atoms with Crippen LogP contribution in [-0.2, 0) is 0 Å². The summed E-state index contributed by atoms with van der Waals surface area (Å²) in [6.07, 6.45) is 4.03. The van der Waals surface area contributed by atoms with Crippen molar-refractivity contribution in [3.8, 4) is 17.0 Å². The van der Waals surface area contributed by atoms with Crippen molar-refractivity contribution < 1.29 is 9.90 Å². The summed E-state index contributed by atoms with van der Waals surface area (Å²) in [5, 5.41) is 22.5. The van der Waals surface area contributed by atoms with Gasteiger partial charge < -0.3 is 10.4 Å². The van der Waals surface area contributed by atoms with Crippen molar-refractivity contribution in [1.82, 2.24) is 20.1 Å². The number of aromatic nitrogens is 3. The molecule has 1 unspecified atom stereocenters. The maximum Gasteiger partial charge on any atom is 0.277 e. The monoisotopic (exact) mass is 369 g/mol. The van der Waals surface area contributed by atoms with Gasteiger partial charge in [-0.2, -0.15) is 5.10 Å². The third-order valence-electron chi connectivity index (χ3n) is 4.35. The van der Waals surface area contributed by atoms with Gasteiger partial charge in [0, 0.05) is 23.7 Å². The number of phenols is 1. The van der Waals surface area contributed by atoms with E-state index < -0.39 is 0 Å². The maximum atomic E-state index is 12.4. The molecule has 0 bridgehead atoms. The summed E-state index contributed by atoms with van der Waals surface area (Å²) in [5.41, 5.74) is 1.89. The van der Waals surface area contributed by atoms with E-state index in [0.29, 0.717) is 22.6 Å². The smallest absolute Gasteiger partial charge is 0.277 e. The highest BCUT2D eigenvalue weighted by Crippen LogP contribution is 2.27. The van der Waals surface area contributed by atoms with Crippen molar-refractivity contribution in [2.75, 3.05) is 18.4 Å². The number of carbonyl (C=O) groups is 1. The molecule has 0 spiro atoms. The van der Waals surface area contributed by atoms with Gasteiger partial charge >= 0.3 is 0 Å². The molecular formula is C18H19N5O2S. The summed E-state index contributed by atoms with van der Waals surface area (Å²) >= 11 is 1.34. The number of amides is 1. The lowest BCUT2D eigenvalue weighted by molar-refractivity contribution is 0.102. The molecule has 1 amide bonds. The summed E-state index contributed by atoms with van der Waals surface area (Å²) in [6, 6.07) is 8.89. The topological polar surface area (TPSA) is 92.1 Å². The van der Waals surface area contributed by atoms with Crippen molar-refractivity contribution in [1.29, 1.82) is 0 Å². The molecule has 1 aliphatic heterocycles. The van der Waals surface area contributed by atoms with Crippen LogP contribution < -0.4 is 10.6 Å². The highest BCUT2D eigenvalue weighted by atomic mass is 32.1. The zero-order chi connectivity index (χ0) is 17.9. The molecule has 2 aromatic heterocycles. The van der Waals surface area contributed by atoms with Gasteiger partial charge in [0.15, 0.2) is 10.8 Å². The lowest BCUT2D eigenvalue weighted by Gasteiger charge is -2.22. The van der Waals surface area contributed by atoms with Gasteiger partial charge in [0.2, 0.25) is 0 Å². The molecule has 3 aromatic rings. The van der Waals surface area contributed by atoms with E-state index in [1.54, 1.807) is 24.3 Å². The first-order valence-corrected chi connectivity index (χ1v) is 9.39. The number of carbonyl (C=O) groups excluding carboxylic acids is 1. The molecule has 4 rings (SSSR count). The average molecular weight is 369 g/mol. The van der Waals surface area contributed by atoms with Crippen molar-refractivity contribution >= 4 is 22.4 Å². The van der Waals surface area contributed by atoms with E-state index in [1.807, 2.05) is 22.3 Å². The number of nitrogens with zero attached hydrogens (tertiary/aromatic N) is 3. The fourth-order valence-corrected chi connectivity index (χ4v) is 3.73. The molecule has 134 valence electrons. The Labute approximate surface area is 154 Å². The second-order valence-corrected chi connectivity index (χ2v) is 7.08. The molecule has 0 aliphatic carbocycles. The molecule has 1 atom stereocenters. The van der Waals surface area contributed by atoms with Crippen LogP contribution >= 0.6 is 11.3 Å². The summed E-state index contributed by atoms with van der Waals surface area (Å²) in [6.45, 7) is 1.92. The number of hydrogen-bond acceptors (Lipinski definition) is 6. The number of benzene rings is 1. The first kappa shape index (κ1) is 16.7. The van der Waals surface area contributed by atoms with Gasteiger partial charge in [-0.3, -0.25) is 14.8 Å². The molecule has 26 heavy (non-hydrogen) atoms. The Balaban J connectivity index is 1.44. The van der Waals surface area contributed by atoms with Crippen LogP contribution in [0.4, 0.5) is 5.13 Å². The molecule has 1 fully saturated rings. The van der Waals surface area contributed by atoms with E-state index >= 15 is 0 Å². The molecule has 7 nitrogen and oxygen atoms in total. The van der Waals surface area contributed by atoms with E-state index in [4.69, 9.17) is 0 Å². The average Bonchev–Trinajstić information content (AvgIpc) is 3.32. The normalized spacial score (nSPS) is 17.2. The fraction of sp³-hybridized carbons (Fsp3) is 0.278. The number of aromatic hydroxyl groups is 1. The Morgan fingerprint density at radius 1 is 1.38 bits per heavy atom. The fourth-order valence-electron chi connectivity index (χ4n) is 3.01. The van der Waals surface area contributed by atoms with Crippen molar-refractivity contribution in [2.24, 2.45) is 0 Å². The molecule has 0 radical (unpaired) electrons. The number of thiazole rings is 1. The standard InChI is InChI=1S/C18H19N5O2S/c24-14-5-1-3-12(9-14)16-11-26-18(20-16)21-17(25)15-6-8-23(22-15)13-4-2-7-19-10-13/h1,3,5-6,8-9,11,13,19,24H,2,4,7,10H2,(H,20,21,25). The second kappa shape index (κ2) is 7.27. The number of hydrogen-bond donors (Lipinski definition) is 3. The van der Waals surface area contributed by atoms with Gasteiger partial charge in [0.05, 0.1) is 11.7 Å². The molecule has 3 heterocycles. The minimum Gasteiger partial charge on any atom is -0.508 e. The molecule has 3 N–H and O–H groups in total. The number of rotatable bonds is 4. The third-order valence-corrected chi connectivity index (χ3v) is 5.11.